The van der Waals surface area contributed by atoms with Gasteiger partial charge in [0.15, 0.2) is 0 Å². The van der Waals surface area contributed by atoms with Crippen LogP contribution in [-0.2, 0) is 18.2 Å². The highest BCUT2D eigenvalue weighted by molar-refractivity contribution is 5.89. The lowest BCUT2D eigenvalue weighted by Gasteiger charge is -2.22. The van der Waals surface area contributed by atoms with Gasteiger partial charge >= 0.3 is 6.03 Å². The van der Waals surface area contributed by atoms with E-state index in [-0.39, 0.29) is 12.1 Å². The quantitative estimate of drug-likeness (QED) is 0.754. The molecule has 152 valence electrons. The molecule has 1 aliphatic rings. The highest BCUT2D eigenvalue weighted by Crippen LogP contribution is 2.18. The van der Waals surface area contributed by atoms with E-state index in [1.54, 1.807) is 18.1 Å². The van der Waals surface area contributed by atoms with Crippen molar-refractivity contribution in [2.75, 3.05) is 32.1 Å². The van der Waals surface area contributed by atoms with Gasteiger partial charge in [0, 0.05) is 51.7 Å². The number of aryl methyl sites for hydroxylation is 2. The van der Waals surface area contributed by atoms with Crippen molar-refractivity contribution in [1.29, 1.82) is 0 Å². The number of carbonyl (C=O) groups excluding carboxylic acids is 1. The van der Waals surface area contributed by atoms with Crippen LogP contribution in [0, 0.1) is 0 Å². The first-order valence-electron chi connectivity index (χ1n) is 9.94. The van der Waals surface area contributed by atoms with Gasteiger partial charge in [-0.15, -0.1) is 0 Å². The van der Waals surface area contributed by atoms with E-state index in [0.717, 1.165) is 49.6 Å². The fourth-order valence-electron chi connectivity index (χ4n) is 3.19. The maximum absolute atomic E-state index is 12.3. The van der Waals surface area contributed by atoms with Crippen molar-refractivity contribution in [3.8, 4) is 5.75 Å². The summed E-state index contributed by atoms with van der Waals surface area (Å²) in [6.07, 6.45) is 9.02. The molecule has 7 nitrogen and oxygen atoms in total. The molecule has 0 spiro atoms. The molecule has 1 N–H and O–H groups in total. The third kappa shape index (κ3) is 5.99. The average molecular weight is 386 g/mol. The van der Waals surface area contributed by atoms with Crippen molar-refractivity contribution in [1.82, 2.24) is 14.5 Å². The van der Waals surface area contributed by atoms with E-state index in [1.165, 1.54) is 6.42 Å². The third-order valence-electron chi connectivity index (χ3n) is 4.98. The Labute approximate surface area is 166 Å². The first-order chi connectivity index (χ1) is 13.6. The lowest BCUT2D eigenvalue weighted by atomic mass is 10.1. The Balaban J connectivity index is 1.38. The highest BCUT2D eigenvalue weighted by atomic mass is 16.5. The summed E-state index contributed by atoms with van der Waals surface area (Å²) < 4.78 is 13.5. The van der Waals surface area contributed by atoms with Gasteiger partial charge in [0.25, 0.3) is 0 Å². The molecular weight excluding hydrogens is 356 g/mol. The van der Waals surface area contributed by atoms with Crippen molar-refractivity contribution < 1.29 is 14.3 Å². The van der Waals surface area contributed by atoms with Crippen LogP contribution < -0.4 is 10.1 Å². The molecule has 0 radical (unpaired) electrons. The molecule has 3 rings (SSSR count). The van der Waals surface area contributed by atoms with E-state index in [0.29, 0.717) is 13.2 Å². The van der Waals surface area contributed by atoms with Crippen LogP contribution in [0.2, 0.25) is 0 Å². The Morgan fingerprint density at radius 1 is 1.36 bits per heavy atom. The summed E-state index contributed by atoms with van der Waals surface area (Å²) in [6.45, 7) is 2.07. The van der Waals surface area contributed by atoms with E-state index in [2.05, 4.69) is 10.3 Å². The number of imidazole rings is 1. The number of benzene rings is 1. The Morgan fingerprint density at radius 2 is 2.18 bits per heavy atom. The van der Waals surface area contributed by atoms with Crippen LogP contribution in [0.1, 0.15) is 31.5 Å². The number of nitrogens with one attached hydrogen (secondary N) is 1. The number of hydrogen-bond donors (Lipinski definition) is 1. The van der Waals surface area contributed by atoms with E-state index in [9.17, 15) is 4.79 Å². The number of aromatic nitrogens is 2. The summed E-state index contributed by atoms with van der Waals surface area (Å²) in [5.41, 5.74) is 0.752. The Morgan fingerprint density at radius 3 is 2.86 bits per heavy atom. The fourth-order valence-corrected chi connectivity index (χ4v) is 3.19. The molecule has 1 aromatic heterocycles. The predicted octanol–water partition coefficient (Wildman–Crippen LogP) is 3.46. The molecule has 1 aliphatic heterocycles. The first kappa shape index (κ1) is 20.2. The van der Waals surface area contributed by atoms with Gasteiger partial charge in [-0.3, -0.25) is 0 Å². The molecule has 1 saturated heterocycles. The van der Waals surface area contributed by atoms with Crippen molar-refractivity contribution in [2.45, 2.75) is 38.2 Å². The van der Waals surface area contributed by atoms with Crippen LogP contribution in [0.3, 0.4) is 0 Å². The zero-order chi connectivity index (χ0) is 19.8. The van der Waals surface area contributed by atoms with E-state index in [1.807, 2.05) is 42.1 Å². The van der Waals surface area contributed by atoms with Crippen molar-refractivity contribution in [2.24, 2.45) is 7.05 Å². The van der Waals surface area contributed by atoms with Crippen molar-refractivity contribution >= 4 is 11.7 Å². The Kier molecular flexibility index (Phi) is 7.31. The molecule has 1 aromatic carbocycles. The van der Waals surface area contributed by atoms with Crippen LogP contribution >= 0.6 is 0 Å². The second-order valence-corrected chi connectivity index (χ2v) is 7.23. The number of ether oxygens (including phenoxy) is 2. The van der Waals surface area contributed by atoms with Crippen molar-refractivity contribution in [3.05, 3.63) is 42.5 Å². The molecule has 0 saturated carbocycles. The third-order valence-corrected chi connectivity index (χ3v) is 4.98. The molecule has 1 atom stereocenters. The zero-order valence-corrected chi connectivity index (χ0v) is 16.8. The average Bonchev–Trinajstić information content (AvgIpc) is 3.13. The minimum absolute atomic E-state index is 0.121. The number of rotatable bonds is 8. The van der Waals surface area contributed by atoms with E-state index < -0.39 is 0 Å². The molecule has 2 amide bonds. The molecular formula is C21H30N4O3. The fraction of sp³-hybridized carbons (Fsp3) is 0.524. The van der Waals surface area contributed by atoms with E-state index in [4.69, 9.17) is 9.47 Å². The standard InChI is InChI=1S/C21H30N4O3/c1-24-14-12-22-20(24)7-5-13-25(2)21(26)23-17-8-10-18(11-9-17)28-16-19-6-3-4-15-27-19/h8-12,14,19H,3-7,13,15-16H2,1-2H3,(H,23,26)/t19-/m0/s1. The molecule has 7 heteroatoms. The van der Waals surface area contributed by atoms with Gasteiger partial charge in [0.2, 0.25) is 0 Å². The maximum atomic E-state index is 12.3. The van der Waals surface area contributed by atoms with Gasteiger partial charge in [-0.1, -0.05) is 0 Å². The second-order valence-electron chi connectivity index (χ2n) is 7.23. The van der Waals surface area contributed by atoms with Crippen LogP contribution in [0.4, 0.5) is 10.5 Å². The summed E-state index contributed by atoms with van der Waals surface area (Å²) in [4.78, 5) is 18.3. The minimum atomic E-state index is -0.121. The van der Waals surface area contributed by atoms with Gasteiger partial charge < -0.3 is 24.3 Å². The summed E-state index contributed by atoms with van der Waals surface area (Å²) in [6, 6.07) is 7.34. The van der Waals surface area contributed by atoms with E-state index >= 15 is 0 Å². The van der Waals surface area contributed by atoms with Crippen molar-refractivity contribution in [3.63, 3.8) is 0 Å². The first-order valence-corrected chi connectivity index (χ1v) is 9.94. The number of carbonyl (C=O) groups is 1. The molecule has 2 heterocycles. The number of anilines is 1. The number of urea groups is 1. The topological polar surface area (TPSA) is 68.6 Å². The summed E-state index contributed by atoms with van der Waals surface area (Å²) in [5.74, 6) is 1.82. The summed E-state index contributed by atoms with van der Waals surface area (Å²) in [7, 11) is 3.78. The van der Waals surface area contributed by atoms with Gasteiger partial charge in [-0.2, -0.15) is 0 Å². The Bertz CT molecular complexity index is 738. The minimum Gasteiger partial charge on any atom is -0.491 e. The summed E-state index contributed by atoms with van der Waals surface area (Å²) in [5, 5.41) is 2.92. The molecule has 0 aliphatic carbocycles. The second kappa shape index (κ2) is 10.1. The largest absolute Gasteiger partial charge is 0.491 e. The molecule has 1 fully saturated rings. The van der Waals surface area contributed by atoms with Gasteiger partial charge in [0.1, 0.15) is 18.2 Å². The number of hydrogen-bond acceptors (Lipinski definition) is 4. The smallest absolute Gasteiger partial charge is 0.321 e. The van der Waals surface area contributed by atoms with Crippen LogP contribution in [0.15, 0.2) is 36.7 Å². The predicted molar refractivity (Wildman–Crippen MR) is 109 cm³/mol. The SMILES string of the molecule is CN(CCCc1nccn1C)C(=O)Nc1ccc(OC[C@@H]2CCCCO2)cc1. The van der Waals surface area contributed by atoms with Gasteiger partial charge in [-0.05, 0) is 49.9 Å². The summed E-state index contributed by atoms with van der Waals surface area (Å²) >= 11 is 0. The van der Waals surface area contributed by atoms with Crippen LogP contribution in [0.25, 0.3) is 0 Å². The highest BCUT2D eigenvalue weighted by Gasteiger charge is 2.14. The van der Waals surface area contributed by atoms with Crippen LogP contribution in [-0.4, -0.2) is 53.4 Å². The van der Waals surface area contributed by atoms with Gasteiger partial charge in [-0.25, -0.2) is 9.78 Å². The molecule has 2 aromatic rings. The van der Waals surface area contributed by atoms with Crippen LogP contribution in [0.5, 0.6) is 5.75 Å². The maximum Gasteiger partial charge on any atom is 0.321 e. The lowest BCUT2D eigenvalue weighted by molar-refractivity contribution is -0.0110. The molecule has 0 bridgehead atoms. The molecule has 0 unspecified atom stereocenters. The molecule has 28 heavy (non-hydrogen) atoms. The van der Waals surface area contributed by atoms with Gasteiger partial charge in [0.05, 0.1) is 6.10 Å². The normalized spacial score (nSPS) is 16.6. The number of nitrogens with zero attached hydrogens (tertiary/aromatic N) is 3. The monoisotopic (exact) mass is 386 g/mol. The Hall–Kier alpha value is -2.54. The zero-order valence-electron chi connectivity index (χ0n) is 16.8. The lowest BCUT2D eigenvalue weighted by Crippen LogP contribution is -2.32. The number of amides is 2.